The lowest BCUT2D eigenvalue weighted by atomic mass is 10.0. The zero-order valence-corrected chi connectivity index (χ0v) is 11.8. The molecule has 1 atom stereocenters. The van der Waals surface area contributed by atoms with E-state index in [1.165, 1.54) is 18.4 Å². The van der Waals surface area contributed by atoms with Crippen LogP contribution in [0.25, 0.3) is 0 Å². The van der Waals surface area contributed by atoms with Gasteiger partial charge < -0.3 is 14.8 Å². The molecule has 3 heteroatoms. The van der Waals surface area contributed by atoms with Crippen LogP contribution in [0.5, 0.6) is 0 Å². The van der Waals surface area contributed by atoms with Gasteiger partial charge >= 0.3 is 0 Å². The summed E-state index contributed by atoms with van der Waals surface area (Å²) in [6.45, 7) is 3.20. The number of hydrogen-bond donors (Lipinski definition) is 1. The van der Waals surface area contributed by atoms with E-state index in [4.69, 9.17) is 9.47 Å². The second-order valence-electron chi connectivity index (χ2n) is 5.14. The van der Waals surface area contributed by atoms with Crippen LogP contribution in [0.3, 0.4) is 0 Å². The molecule has 3 nitrogen and oxygen atoms in total. The second kappa shape index (κ2) is 8.31. The largest absolute Gasteiger partial charge is 0.382 e. The van der Waals surface area contributed by atoms with Gasteiger partial charge in [-0.05, 0) is 37.3 Å². The Morgan fingerprint density at radius 1 is 1.16 bits per heavy atom. The molecule has 1 aliphatic rings. The van der Waals surface area contributed by atoms with Crippen molar-refractivity contribution in [2.75, 3.05) is 33.5 Å². The van der Waals surface area contributed by atoms with Crippen LogP contribution < -0.4 is 5.32 Å². The Hall–Kier alpha value is -0.900. The van der Waals surface area contributed by atoms with E-state index < -0.39 is 0 Å². The zero-order chi connectivity index (χ0) is 13.3. The lowest BCUT2D eigenvalue weighted by molar-refractivity contribution is 0.0691. The van der Waals surface area contributed by atoms with Gasteiger partial charge in [-0.3, -0.25) is 0 Å². The molecule has 19 heavy (non-hydrogen) atoms. The molecule has 0 spiro atoms. The third kappa shape index (κ3) is 5.31. The van der Waals surface area contributed by atoms with Crippen LogP contribution in [-0.2, 0) is 9.47 Å². The molecule has 0 aromatic heterocycles. The van der Waals surface area contributed by atoms with Gasteiger partial charge in [0.15, 0.2) is 0 Å². The van der Waals surface area contributed by atoms with Gasteiger partial charge in [-0.25, -0.2) is 0 Å². The van der Waals surface area contributed by atoms with Crippen molar-refractivity contribution in [1.29, 1.82) is 0 Å². The highest BCUT2D eigenvalue weighted by Crippen LogP contribution is 2.40. The molecule has 0 amide bonds. The number of rotatable bonds is 10. The average Bonchev–Trinajstić information content (AvgIpc) is 3.27. The van der Waals surface area contributed by atoms with Gasteiger partial charge in [-0.1, -0.05) is 30.3 Å². The van der Waals surface area contributed by atoms with Crippen molar-refractivity contribution in [3.63, 3.8) is 0 Å². The van der Waals surface area contributed by atoms with E-state index in [0.29, 0.717) is 19.3 Å². The molecule has 0 saturated heterocycles. The molecule has 0 radical (unpaired) electrons. The Morgan fingerprint density at radius 3 is 2.63 bits per heavy atom. The van der Waals surface area contributed by atoms with E-state index in [2.05, 4.69) is 35.6 Å². The fourth-order valence-electron chi connectivity index (χ4n) is 2.32. The van der Waals surface area contributed by atoms with Crippen LogP contribution in [0.1, 0.15) is 30.9 Å². The van der Waals surface area contributed by atoms with Gasteiger partial charge in [0.25, 0.3) is 0 Å². The predicted molar refractivity (Wildman–Crippen MR) is 77.2 cm³/mol. The van der Waals surface area contributed by atoms with Gasteiger partial charge in [-0.2, -0.15) is 0 Å². The van der Waals surface area contributed by atoms with Crippen molar-refractivity contribution in [1.82, 2.24) is 5.32 Å². The van der Waals surface area contributed by atoms with Crippen LogP contribution in [-0.4, -0.2) is 33.5 Å². The van der Waals surface area contributed by atoms with Gasteiger partial charge in [0.05, 0.1) is 13.2 Å². The first-order valence-corrected chi connectivity index (χ1v) is 7.27. The minimum absolute atomic E-state index is 0.528. The number of methoxy groups -OCH3 is 1. The molecule has 1 aromatic rings. The highest BCUT2D eigenvalue weighted by atomic mass is 16.5. The van der Waals surface area contributed by atoms with Gasteiger partial charge in [0.1, 0.15) is 0 Å². The van der Waals surface area contributed by atoms with E-state index in [0.717, 1.165) is 25.5 Å². The Bertz CT molecular complexity index is 338. The van der Waals surface area contributed by atoms with Gasteiger partial charge in [-0.15, -0.1) is 0 Å². The summed E-state index contributed by atoms with van der Waals surface area (Å²) in [7, 11) is 1.70. The predicted octanol–water partition coefficient (Wildman–Crippen LogP) is 2.78. The molecule has 0 bridgehead atoms. The average molecular weight is 263 g/mol. The third-order valence-electron chi connectivity index (χ3n) is 3.51. The maximum Gasteiger partial charge on any atom is 0.0700 e. The molecule has 1 aromatic carbocycles. The monoisotopic (exact) mass is 263 g/mol. The van der Waals surface area contributed by atoms with Crippen LogP contribution in [0.2, 0.25) is 0 Å². The molecule has 0 aliphatic heterocycles. The normalized spacial score (nSPS) is 16.5. The van der Waals surface area contributed by atoms with E-state index in [-0.39, 0.29) is 0 Å². The first kappa shape index (κ1) is 14.5. The standard InChI is InChI=1S/C16H25NO2/c1-18-12-13-19-11-5-10-17-16(15-8-9-15)14-6-3-2-4-7-14/h2-4,6-7,15-17H,5,8-13H2,1H3. The van der Waals surface area contributed by atoms with E-state index >= 15 is 0 Å². The summed E-state index contributed by atoms with van der Waals surface area (Å²) in [5, 5.41) is 3.68. The lowest BCUT2D eigenvalue weighted by Crippen LogP contribution is -2.25. The molecule has 1 fully saturated rings. The minimum Gasteiger partial charge on any atom is -0.382 e. The summed E-state index contributed by atoms with van der Waals surface area (Å²) in [6.07, 6.45) is 3.77. The van der Waals surface area contributed by atoms with Crippen molar-refractivity contribution >= 4 is 0 Å². The smallest absolute Gasteiger partial charge is 0.0700 e. The van der Waals surface area contributed by atoms with E-state index in [1.54, 1.807) is 7.11 Å². The van der Waals surface area contributed by atoms with Crippen molar-refractivity contribution < 1.29 is 9.47 Å². The molecule has 1 saturated carbocycles. The summed E-state index contributed by atoms with van der Waals surface area (Å²) < 4.78 is 10.4. The number of hydrogen-bond acceptors (Lipinski definition) is 3. The summed E-state index contributed by atoms with van der Waals surface area (Å²) >= 11 is 0. The quantitative estimate of drug-likeness (QED) is 0.658. The van der Waals surface area contributed by atoms with Crippen molar-refractivity contribution in [3.05, 3.63) is 35.9 Å². The van der Waals surface area contributed by atoms with Crippen LogP contribution in [0.15, 0.2) is 30.3 Å². The zero-order valence-electron chi connectivity index (χ0n) is 11.8. The van der Waals surface area contributed by atoms with Crippen molar-refractivity contribution in [2.24, 2.45) is 5.92 Å². The lowest BCUT2D eigenvalue weighted by Gasteiger charge is -2.18. The van der Waals surface area contributed by atoms with Crippen LogP contribution >= 0.6 is 0 Å². The van der Waals surface area contributed by atoms with Crippen molar-refractivity contribution in [3.8, 4) is 0 Å². The molecule has 1 unspecified atom stereocenters. The number of benzene rings is 1. The summed E-state index contributed by atoms with van der Waals surface area (Å²) in [6, 6.07) is 11.3. The van der Waals surface area contributed by atoms with Crippen LogP contribution in [0.4, 0.5) is 0 Å². The number of nitrogens with one attached hydrogen (secondary N) is 1. The molecular weight excluding hydrogens is 238 g/mol. The Labute approximate surface area is 116 Å². The summed E-state index contributed by atoms with van der Waals surface area (Å²) in [5.41, 5.74) is 1.42. The molecule has 1 N–H and O–H groups in total. The Morgan fingerprint density at radius 2 is 1.95 bits per heavy atom. The first-order chi connectivity index (χ1) is 9.42. The molecular formula is C16H25NO2. The van der Waals surface area contributed by atoms with Crippen molar-refractivity contribution in [2.45, 2.75) is 25.3 Å². The highest BCUT2D eigenvalue weighted by Gasteiger charge is 2.31. The summed E-state index contributed by atoms with van der Waals surface area (Å²) in [4.78, 5) is 0. The maximum atomic E-state index is 5.47. The molecule has 1 aliphatic carbocycles. The topological polar surface area (TPSA) is 30.5 Å². The molecule has 106 valence electrons. The van der Waals surface area contributed by atoms with Crippen LogP contribution in [0, 0.1) is 5.92 Å². The molecule has 2 rings (SSSR count). The van der Waals surface area contributed by atoms with E-state index in [1.807, 2.05) is 0 Å². The van der Waals surface area contributed by atoms with Gasteiger partial charge in [0, 0.05) is 19.8 Å². The third-order valence-corrected chi connectivity index (χ3v) is 3.51. The molecule has 0 heterocycles. The fraction of sp³-hybridized carbons (Fsp3) is 0.625. The fourth-order valence-corrected chi connectivity index (χ4v) is 2.32. The maximum absolute atomic E-state index is 5.47. The first-order valence-electron chi connectivity index (χ1n) is 7.27. The summed E-state index contributed by atoms with van der Waals surface area (Å²) in [5.74, 6) is 0.830. The van der Waals surface area contributed by atoms with E-state index in [9.17, 15) is 0 Å². The second-order valence-corrected chi connectivity index (χ2v) is 5.14. The van der Waals surface area contributed by atoms with Gasteiger partial charge in [0.2, 0.25) is 0 Å². The highest BCUT2D eigenvalue weighted by molar-refractivity contribution is 5.21. The SMILES string of the molecule is COCCOCCCNC(c1ccccc1)C1CC1. The Balaban J connectivity index is 1.65. The Kier molecular flexibility index (Phi) is 6.34. The number of ether oxygens (including phenoxy) is 2. The minimum atomic E-state index is 0.528.